The second-order valence-corrected chi connectivity index (χ2v) is 6.28. The molecule has 0 aliphatic heterocycles. The summed E-state index contributed by atoms with van der Waals surface area (Å²) < 4.78 is 10.5. The van der Waals surface area contributed by atoms with Gasteiger partial charge in [0.25, 0.3) is 0 Å². The van der Waals surface area contributed by atoms with Crippen LogP contribution in [-0.4, -0.2) is 33.2 Å². The van der Waals surface area contributed by atoms with Gasteiger partial charge in [-0.2, -0.15) is 0 Å². The van der Waals surface area contributed by atoms with Crippen molar-refractivity contribution in [1.82, 2.24) is 10.6 Å². The Labute approximate surface area is 159 Å². The molecule has 0 bridgehead atoms. The van der Waals surface area contributed by atoms with Crippen LogP contribution in [0.2, 0.25) is 5.02 Å². The van der Waals surface area contributed by atoms with E-state index in [9.17, 15) is 4.79 Å². The maximum absolute atomic E-state index is 11.9. The van der Waals surface area contributed by atoms with Crippen molar-refractivity contribution >= 4 is 17.5 Å². The Kier molecular flexibility index (Phi) is 8.25. The normalized spacial score (nSPS) is 10.4. The summed E-state index contributed by atoms with van der Waals surface area (Å²) in [6.07, 6.45) is 1.35. The minimum Gasteiger partial charge on any atom is -0.493 e. The summed E-state index contributed by atoms with van der Waals surface area (Å²) in [5, 5.41) is 6.94. The molecule has 0 atom stereocenters. The molecule has 6 heteroatoms. The maximum Gasteiger partial charge on any atom is 0.221 e. The van der Waals surface area contributed by atoms with Gasteiger partial charge in [0.1, 0.15) is 0 Å². The molecule has 0 spiro atoms. The standard InChI is InChI=1S/C20H25ClN2O3/c1-25-18-8-5-16(13-19(18)26-2)14-23-20(24)10-12-22-11-9-15-3-6-17(21)7-4-15/h3-8,13,22H,9-12,14H2,1-2H3,(H,23,24). The number of halogens is 1. The number of benzene rings is 2. The van der Waals surface area contributed by atoms with E-state index in [1.54, 1.807) is 14.2 Å². The van der Waals surface area contributed by atoms with E-state index in [2.05, 4.69) is 10.6 Å². The molecule has 0 fully saturated rings. The van der Waals surface area contributed by atoms with Crippen molar-refractivity contribution in [1.29, 1.82) is 0 Å². The first-order valence-corrected chi connectivity index (χ1v) is 8.93. The van der Waals surface area contributed by atoms with Gasteiger partial charge in [-0.1, -0.05) is 29.8 Å². The van der Waals surface area contributed by atoms with Crippen LogP contribution in [0.15, 0.2) is 42.5 Å². The highest BCUT2D eigenvalue weighted by Crippen LogP contribution is 2.27. The van der Waals surface area contributed by atoms with Crippen molar-refractivity contribution in [2.24, 2.45) is 0 Å². The maximum atomic E-state index is 11.9. The molecule has 2 aromatic rings. The number of carbonyl (C=O) groups is 1. The zero-order valence-corrected chi connectivity index (χ0v) is 15.9. The minimum atomic E-state index is 0.0128. The molecule has 2 aromatic carbocycles. The molecule has 0 aliphatic carbocycles. The quantitative estimate of drug-likeness (QED) is 0.625. The summed E-state index contributed by atoms with van der Waals surface area (Å²) in [6, 6.07) is 13.4. The number of nitrogens with one attached hydrogen (secondary N) is 2. The van der Waals surface area contributed by atoms with Crippen LogP contribution >= 0.6 is 11.6 Å². The van der Waals surface area contributed by atoms with E-state index in [1.807, 2.05) is 42.5 Å². The smallest absolute Gasteiger partial charge is 0.221 e. The molecule has 0 aromatic heterocycles. The first kappa shape index (κ1) is 20.1. The van der Waals surface area contributed by atoms with Gasteiger partial charge in [-0.3, -0.25) is 4.79 Å². The highest BCUT2D eigenvalue weighted by molar-refractivity contribution is 6.30. The molecule has 1 amide bonds. The Hall–Kier alpha value is -2.24. The molecule has 5 nitrogen and oxygen atoms in total. The summed E-state index contributed by atoms with van der Waals surface area (Å²) in [5.74, 6) is 1.34. The Balaban J connectivity index is 1.63. The summed E-state index contributed by atoms with van der Waals surface area (Å²) >= 11 is 5.86. The van der Waals surface area contributed by atoms with E-state index >= 15 is 0 Å². The number of rotatable bonds is 10. The summed E-state index contributed by atoms with van der Waals surface area (Å²) in [4.78, 5) is 11.9. The number of hydrogen-bond acceptors (Lipinski definition) is 4. The second kappa shape index (κ2) is 10.7. The SMILES string of the molecule is COc1ccc(CNC(=O)CCNCCc2ccc(Cl)cc2)cc1OC. The predicted octanol–water partition coefficient (Wildman–Crippen LogP) is 3.20. The third-order valence-electron chi connectivity index (χ3n) is 3.97. The van der Waals surface area contributed by atoms with Gasteiger partial charge >= 0.3 is 0 Å². The van der Waals surface area contributed by atoms with Crippen LogP contribution in [-0.2, 0) is 17.8 Å². The molecule has 0 radical (unpaired) electrons. The van der Waals surface area contributed by atoms with Crippen LogP contribution in [0.1, 0.15) is 17.5 Å². The van der Waals surface area contributed by atoms with E-state index < -0.39 is 0 Å². The van der Waals surface area contributed by atoms with Crippen LogP contribution < -0.4 is 20.1 Å². The van der Waals surface area contributed by atoms with Gasteiger partial charge in [0, 0.05) is 24.5 Å². The van der Waals surface area contributed by atoms with Gasteiger partial charge in [0.2, 0.25) is 5.91 Å². The van der Waals surface area contributed by atoms with Crippen LogP contribution in [0.25, 0.3) is 0 Å². The van der Waals surface area contributed by atoms with Crippen LogP contribution in [0.3, 0.4) is 0 Å². The monoisotopic (exact) mass is 376 g/mol. The fraction of sp³-hybridized carbons (Fsp3) is 0.350. The lowest BCUT2D eigenvalue weighted by Crippen LogP contribution is -2.28. The van der Waals surface area contributed by atoms with Crippen molar-refractivity contribution in [3.63, 3.8) is 0 Å². The molecular formula is C20H25ClN2O3. The molecule has 2 N–H and O–H groups in total. The molecule has 140 valence electrons. The largest absolute Gasteiger partial charge is 0.493 e. The zero-order valence-electron chi connectivity index (χ0n) is 15.2. The Morgan fingerprint density at radius 3 is 2.35 bits per heavy atom. The molecule has 26 heavy (non-hydrogen) atoms. The Bertz CT molecular complexity index is 705. The fourth-order valence-corrected chi connectivity index (χ4v) is 2.62. The third kappa shape index (κ3) is 6.58. The zero-order chi connectivity index (χ0) is 18.8. The van der Waals surface area contributed by atoms with Crippen molar-refractivity contribution in [2.45, 2.75) is 19.4 Å². The molecule has 0 saturated heterocycles. The lowest BCUT2D eigenvalue weighted by atomic mass is 10.1. The highest BCUT2D eigenvalue weighted by Gasteiger charge is 2.06. The Morgan fingerprint density at radius 1 is 0.962 bits per heavy atom. The molecule has 2 rings (SSSR count). The van der Waals surface area contributed by atoms with Crippen molar-refractivity contribution < 1.29 is 14.3 Å². The van der Waals surface area contributed by atoms with E-state index in [0.29, 0.717) is 31.0 Å². The van der Waals surface area contributed by atoms with Crippen molar-refractivity contribution in [2.75, 3.05) is 27.3 Å². The second-order valence-electron chi connectivity index (χ2n) is 5.84. The topological polar surface area (TPSA) is 59.6 Å². The lowest BCUT2D eigenvalue weighted by Gasteiger charge is -2.10. The lowest BCUT2D eigenvalue weighted by molar-refractivity contribution is -0.121. The van der Waals surface area contributed by atoms with Crippen molar-refractivity contribution in [3.8, 4) is 11.5 Å². The van der Waals surface area contributed by atoms with E-state index in [-0.39, 0.29) is 5.91 Å². The molecule has 0 heterocycles. The van der Waals surface area contributed by atoms with E-state index in [1.165, 1.54) is 5.56 Å². The van der Waals surface area contributed by atoms with Gasteiger partial charge < -0.3 is 20.1 Å². The van der Waals surface area contributed by atoms with Crippen molar-refractivity contribution in [3.05, 3.63) is 58.6 Å². The van der Waals surface area contributed by atoms with Gasteiger partial charge in [0.05, 0.1) is 14.2 Å². The first-order valence-electron chi connectivity index (χ1n) is 8.55. The molecule has 0 aliphatic rings. The number of carbonyl (C=O) groups excluding carboxylic acids is 1. The highest BCUT2D eigenvalue weighted by atomic mass is 35.5. The number of amides is 1. The fourth-order valence-electron chi connectivity index (χ4n) is 2.49. The molecular weight excluding hydrogens is 352 g/mol. The Morgan fingerprint density at radius 2 is 1.65 bits per heavy atom. The average molecular weight is 377 g/mol. The molecule has 0 unspecified atom stereocenters. The van der Waals surface area contributed by atoms with Crippen LogP contribution in [0, 0.1) is 0 Å². The van der Waals surface area contributed by atoms with Crippen LogP contribution in [0.5, 0.6) is 11.5 Å². The number of hydrogen-bond donors (Lipinski definition) is 2. The van der Waals surface area contributed by atoms with Gasteiger partial charge in [-0.25, -0.2) is 0 Å². The average Bonchev–Trinajstić information content (AvgIpc) is 2.67. The van der Waals surface area contributed by atoms with Crippen LogP contribution in [0.4, 0.5) is 0 Å². The minimum absolute atomic E-state index is 0.0128. The third-order valence-corrected chi connectivity index (χ3v) is 4.22. The number of ether oxygens (including phenoxy) is 2. The van der Waals surface area contributed by atoms with Gasteiger partial charge in [-0.15, -0.1) is 0 Å². The van der Waals surface area contributed by atoms with Gasteiger partial charge in [-0.05, 0) is 48.4 Å². The summed E-state index contributed by atoms with van der Waals surface area (Å²) in [5.41, 5.74) is 2.19. The number of methoxy groups -OCH3 is 2. The first-order chi connectivity index (χ1) is 12.6. The van der Waals surface area contributed by atoms with E-state index in [4.69, 9.17) is 21.1 Å². The van der Waals surface area contributed by atoms with Gasteiger partial charge in [0.15, 0.2) is 11.5 Å². The summed E-state index contributed by atoms with van der Waals surface area (Å²) in [6.45, 7) is 1.93. The summed E-state index contributed by atoms with van der Waals surface area (Å²) in [7, 11) is 3.19. The molecule has 0 saturated carbocycles. The predicted molar refractivity (Wildman–Crippen MR) is 104 cm³/mol. The van der Waals surface area contributed by atoms with E-state index in [0.717, 1.165) is 23.6 Å².